The summed E-state index contributed by atoms with van der Waals surface area (Å²) >= 11 is 0. The lowest BCUT2D eigenvalue weighted by Gasteiger charge is -2.40. The second kappa shape index (κ2) is 8.26. The molecular weight excluding hydrogens is 304 g/mol. The minimum atomic E-state index is -0.250. The summed E-state index contributed by atoms with van der Waals surface area (Å²) in [5.41, 5.74) is 8.19. The van der Waals surface area contributed by atoms with E-state index in [1.165, 1.54) is 25.7 Å². The van der Waals surface area contributed by atoms with Crippen molar-refractivity contribution in [3.63, 3.8) is 0 Å². The number of hydrogen-bond donors (Lipinski definition) is 3. The third-order valence-corrected chi connectivity index (χ3v) is 5.39. The van der Waals surface area contributed by atoms with Gasteiger partial charge in [0.15, 0.2) is 0 Å². The lowest BCUT2D eigenvalue weighted by molar-refractivity contribution is -0.122. The molecule has 2 saturated heterocycles. The number of benzene rings is 1. The van der Waals surface area contributed by atoms with Gasteiger partial charge in [0.25, 0.3) is 6.47 Å². The third kappa shape index (κ3) is 4.13. The van der Waals surface area contributed by atoms with Crippen LogP contribution in [-0.4, -0.2) is 65.9 Å². The van der Waals surface area contributed by atoms with E-state index in [0.717, 1.165) is 17.6 Å². The average molecular weight is 332 g/mol. The standard InChI is InChI=1S/C17H26N4.CH2O2/c1-20(11-17(19)15-5-3-4-6-16(15)18)14-9-12-7-8-13(10-14)21(12)2;2-1-3/h3-6,12-14,19H,7-11,18H2,1-2H3;1H,(H,2,3). The monoisotopic (exact) mass is 332 g/mol. The smallest absolute Gasteiger partial charge is 0.290 e. The van der Waals surface area contributed by atoms with Gasteiger partial charge in [0.1, 0.15) is 0 Å². The Morgan fingerprint density at radius 3 is 2.46 bits per heavy atom. The van der Waals surface area contributed by atoms with Crippen molar-refractivity contribution in [2.45, 2.75) is 43.8 Å². The minimum absolute atomic E-state index is 0.250. The van der Waals surface area contributed by atoms with E-state index in [1.54, 1.807) is 0 Å². The number of nitrogens with zero attached hydrogens (tertiary/aromatic N) is 2. The molecule has 0 spiro atoms. The Bertz CT molecular complexity index is 564. The highest BCUT2D eigenvalue weighted by Gasteiger charge is 2.39. The van der Waals surface area contributed by atoms with Gasteiger partial charge in [-0.05, 0) is 45.8 Å². The lowest BCUT2D eigenvalue weighted by Crippen LogP contribution is -2.48. The van der Waals surface area contributed by atoms with E-state index < -0.39 is 0 Å². The molecule has 2 aliphatic heterocycles. The van der Waals surface area contributed by atoms with Gasteiger partial charge in [-0.25, -0.2) is 0 Å². The summed E-state index contributed by atoms with van der Waals surface area (Å²) in [5.74, 6) is 0. The lowest BCUT2D eigenvalue weighted by atomic mass is 9.96. The van der Waals surface area contributed by atoms with Crippen molar-refractivity contribution in [1.29, 1.82) is 5.41 Å². The number of nitrogens with one attached hydrogen (secondary N) is 1. The highest BCUT2D eigenvalue weighted by atomic mass is 16.3. The van der Waals surface area contributed by atoms with Crippen LogP contribution in [0.2, 0.25) is 0 Å². The zero-order chi connectivity index (χ0) is 17.7. The van der Waals surface area contributed by atoms with Crippen LogP contribution >= 0.6 is 0 Å². The number of anilines is 1. The first-order chi connectivity index (χ1) is 11.5. The number of nitrogens with two attached hydrogens (primary N) is 1. The molecule has 24 heavy (non-hydrogen) atoms. The Kier molecular flexibility index (Phi) is 6.34. The van der Waals surface area contributed by atoms with Gasteiger partial charge in [-0.15, -0.1) is 0 Å². The maximum Gasteiger partial charge on any atom is 0.290 e. The maximum atomic E-state index is 8.36. The minimum Gasteiger partial charge on any atom is -0.483 e. The second-order valence-electron chi connectivity index (χ2n) is 6.76. The number of likely N-dealkylation sites (N-methyl/N-ethyl adjacent to an activating group) is 1. The Morgan fingerprint density at radius 1 is 1.38 bits per heavy atom. The quantitative estimate of drug-likeness (QED) is 0.445. The molecule has 0 saturated carbocycles. The topological polar surface area (TPSA) is 93.7 Å². The summed E-state index contributed by atoms with van der Waals surface area (Å²) in [5, 5.41) is 15.2. The molecule has 132 valence electrons. The number of rotatable bonds is 4. The van der Waals surface area contributed by atoms with Gasteiger partial charge < -0.3 is 21.1 Å². The van der Waals surface area contributed by atoms with E-state index in [0.29, 0.717) is 24.0 Å². The molecule has 2 fully saturated rings. The van der Waals surface area contributed by atoms with Crippen LogP contribution in [0.15, 0.2) is 24.3 Å². The fourth-order valence-corrected chi connectivity index (χ4v) is 3.98. The first kappa shape index (κ1) is 18.4. The van der Waals surface area contributed by atoms with E-state index in [9.17, 15) is 0 Å². The van der Waals surface area contributed by atoms with Gasteiger partial charge in [-0.2, -0.15) is 0 Å². The SMILES string of the molecule is CN(CC(=N)c1ccccc1N)C1CC2CCC(C1)N2C.O=CO. The maximum absolute atomic E-state index is 8.36. The largest absolute Gasteiger partial charge is 0.483 e. The van der Waals surface area contributed by atoms with Crippen LogP contribution in [0.1, 0.15) is 31.2 Å². The first-order valence-electron chi connectivity index (χ1n) is 8.40. The fraction of sp³-hybridized carbons (Fsp3) is 0.556. The van der Waals surface area contributed by atoms with Crippen LogP contribution in [0.4, 0.5) is 5.69 Å². The summed E-state index contributed by atoms with van der Waals surface area (Å²) in [6, 6.07) is 9.78. The number of carbonyl (C=O) groups is 1. The molecule has 4 N–H and O–H groups in total. The summed E-state index contributed by atoms with van der Waals surface area (Å²) in [6.45, 7) is 0.433. The van der Waals surface area contributed by atoms with Crippen molar-refractivity contribution in [2.75, 3.05) is 26.4 Å². The van der Waals surface area contributed by atoms with Crippen molar-refractivity contribution in [1.82, 2.24) is 9.80 Å². The van der Waals surface area contributed by atoms with Crippen molar-refractivity contribution in [3.8, 4) is 0 Å². The normalized spacial score (nSPS) is 25.9. The molecule has 2 heterocycles. The third-order valence-electron chi connectivity index (χ3n) is 5.39. The van der Waals surface area contributed by atoms with E-state index in [4.69, 9.17) is 21.0 Å². The van der Waals surface area contributed by atoms with E-state index in [-0.39, 0.29) is 6.47 Å². The zero-order valence-electron chi connectivity index (χ0n) is 14.5. The van der Waals surface area contributed by atoms with Crippen LogP contribution in [0.5, 0.6) is 0 Å². The molecule has 0 aromatic heterocycles. The number of hydrogen-bond acceptors (Lipinski definition) is 5. The Labute approximate surface area is 143 Å². The van der Waals surface area contributed by atoms with Crippen LogP contribution in [0.25, 0.3) is 0 Å². The number of carboxylic acid groups (broad SMARTS) is 1. The van der Waals surface area contributed by atoms with Crippen LogP contribution in [-0.2, 0) is 4.79 Å². The zero-order valence-corrected chi connectivity index (χ0v) is 14.5. The molecule has 1 aromatic rings. The number of nitrogen functional groups attached to an aromatic ring is 1. The molecule has 2 unspecified atom stereocenters. The molecule has 6 nitrogen and oxygen atoms in total. The van der Waals surface area contributed by atoms with Gasteiger partial charge in [-0.3, -0.25) is 9.69 Å². The first-order valence-corrected chi connectivity index (χ1v) is 8.40. The number of para-hydroxylation sites is 1. The van der Waals surface area contributed by atoms with Crippen molar-refractivity contribution in [3.05, 3.63) is 29.8 Å². The molecule has 1 aromatic carbocycles. The Morgan fingerprint density at radius 2 is 1.92 bits per heavy atom. The van der Waals surface area contributed by atoms with Crippen LogP contribution in [0.3, 0.4) is 0 Å². The second-order valence-corrected chi connectivity index (χ2v) is 6.76. The van der Waals surface area contributed by atoms with Gasteiger partial charge in [0.05, 0.1) is 5.71 Å². The molecular formula is C18H28N4O2. The predicted octanol–water partition coefficient (Wildman–Crippen LogP) is 1.89. The Balaban J connectivity index is 0.000000647. The van der Waals surface area contributed by atoms with Gasteiger partial charge in [0.2, 0.25) is 0 Å². The highest BCUT2D eigenvalue weighted by molar-refractivity contribution is 6.03. The summed E-state index contributed by atoms with van der Waals surface area (Å²) in [4.78, 5) is 13.3. The molecule has 2 atom stereocenters. The van der Waals surface area contributed by atoms with Gasteiger partial charge in [-0.1, -0.05) is 18.2 Å². The summed E-state index contributed by atoms with van der Waals surface area (Å²) in [7, 11) is 4.42. The molecule has 2 aliphatic rings. The fourth-order valence-electron chi connectivity index (χ4n) is 3.98. The molecule has 6 heteroatoms. The van der Waals surface area contributed by atoms with Crippen molar-refractivity contribution in [2.24, 2.45) is 0 Å². The molecule has 3 rings (SSSR count). The molecule has 0 radical (unpaired) electrons. The highest BCUT2D eigenvalue weighted by Crippen LogP contribution is 2.35. The predicted molar refractivity (Wildman–Crippen MR) is 96.6 cm³/mol. The summed E-state index contributed by atoms with van der Waals surface area (Å²) in [6.07, 6.45) is 5.16. The van der Waals surface area contributed by atoms with Gasteiger partial charge >= 0.3 is 0 Å². The number of piperidine rings is 1. The van der Waals surface area contributed by atoms with Crippen molar-refractivity contribution >= 4 is 17.9 Å². The van der Waals surface area contributed by atoms with Crippen LogP contribution < -0.4 is 5.73 Å². The molecule has 0 aliphatic carbocycles. The molecule has 0 amide bonds. The van der Waals surface area contributed by atoms with Gasteiger partial charge in [0, 0.05) is 35.9 Å². The van der Waals surface area contributed by atoms with Crippen molar-refractivity contribution < 1.29 is 9.90 Å². The Hall–Kier alpha value is -1.92. The van der Waals surface area contributed by atoms with E-state index >= 15 is 0 Å². The average Bonchev–Trinajstić information content (AvgIpc) is 2.76. The number of fused-ring (bicyclic) bond motifs is 2. The summed E-state index contributed by atoms with van der Waals surface area (Å²) < 4.78 is 0. The van der Waals surface area contributed by atoms with E-state index in [2.05, 4.69) is 23.9 Å². The molecule has 2 bridgehead atoms. The van der Waals surface area contributed by atoms with E-state index in [1.807, 2.05) is 24.3 Å². The van der Waals surface area contributed by atoms with Crippen LogP contribution in [0, 0.1) is 5.41 Å².